The Kier molecular flexibility index (Phi) is 8.47. The maximum Gasteiger partial charge on any atom is 0.387 e. The van der Waals surface area contributed by atoms with Crippen LogP contribution in [0, 0.1) is 0 Å². The van der Waals surface area contributed by atoms with Gasteiger partial charge in [-0.3, -0.25) is 9.79 Å². The summed E-state index contributed by atoms with van der Waals surface area (Å²) in [6.45, 7) is -2.56. The van der Waals surface area contributed by atoms with E-state index in [1.54, 1.807) is 31.3 Å². The lowest BCUT2D eigenvalue weighted by molar-refractivity contribution is -0.119. The number of nitrogens with zero attached hydrogens (tertiary/aromatic N) is 1. The van der Waals surface area contributed by atoms with Gasteiger partial charge in [-0.15, -0.1) is 0 Å². The first kappa shape index (κ1) is 22.2. The minimum atomic E-state index is -2.93. The number of aliphatic imine (C=N–C) groups is 1. The average Bonchev–Trinajstić information content (AvgIpc) is 2.68. The van der Waals surface area contributed by atoms with Gasteiger partial charge in [0.05, 0.1) is 0 Å². The molecule has 1 amide bonds. The van der Waals surface area contributed by atoms with Gasteiger partial charge in [-0.2, -0.15) is 8.78 Å². The summed E-state index contributed by atoms with van der Waals surface area (Å²) in [5.41, 5.74) is 6.40. The molecule has 156 valence electrons. The SMILES string of the molecule is CN=C(NCc1cccc(OCC(N)=O)c1)NCc1cc(Cl)ccc1OC(F)F. The number of nitrogens with two attached hydrogens (primary N) is 1. The van der Waals surface area contributed by atoms with Gasteiger partial charge in [0, 0.05) is 30.7 Å². The van der Waals surface area contributed by atoms with E-state index in [1.807, 2.05) is 6.07 Å². The highest BCUT2D eigenvalue weighted by Gasteiger charge is 2.11. The van der Waals surface area contributed by atoms with Gasteiger partial charge in [-0.1, -0.05) is 23.7 Å². The van der Waals surface area contributed by atoms with Crippen LogP contribution in [-0.4, -0.2) is 32.1 Å². The second kappa shape index (κ2) is 11.1. The summed E-state index contributed by atoms with van der Waals surface area (Å²) >= 11 is 5.95. The molecule has 0 aliphatic rings. The molecule has 0 aromatic heterocycles. The number of benzene rings is 2. The van der Waals surface area contributed by atoms with Crippen molar-refractivity contribution in [3.05, 3.63) is 58.6 Å². The van der Waals surface area contributed by atoms with Crippen LogP contribution < -0.4 is 25.8 Å². The summed E-state index contributed by atoms with van der Waals surface area (Å²) in [5.74, 6) is 0.427. The third kappa shape index (κ3) is 7.82. The van der Waals surface area contributed by atoms with Crippen LogP contribution in [0.15, 0.2) is 47.5 Å². The summed E-state index contributed by atoms with van der Waals surface area (Å²) in [4.78, 5) is 14.9. The number of alkyl halides is 2. The summed E-state index contributed by atoms with van der Waals surface area (Å²) in [5, 5.41) is 6.51. The molecule has 0 bridgehead atoms. The van der Waals surface area contributed by atoms with Crippen molar-refractivity contribution in [1.29, 1.82) is 0 Å². The standard InChI is InChI=1S/C19H21ClF2N4O3/c1-24-19(25-9-12-3-2-4-15(7-12)28-11-17(23)27)26-10-13-8-14(20)5-6-16(13)29-18(21)22/h2-8,18H,9-11H2,1H3,(H2,23,27)(H2,24,25,26). The van der Waals surface area contributed by atoms with E-state index in [2.05, 4.69) is 20.4 Å². The lowest BCUT2D eigenvalue weighted by atomic mass is 10.2. The van der Waals surface area contributed by atoms with Crippen LogP contribution in [0.25, 0.3) is 0 Å². The fraction of sp³-hybridized carbons (Fsp3) is 0.263. The summed E-state index contributed by atoms with van der Waals surface area (Å²) in [6, 6.07) is 11.5. The fourth-order valence-electron chi connectivity index (χ4n) is 2.38. The van der Waals surface area contributed by atoms with Crippen molar-refractivity contribution >= 4 is 23.5 Å². The van der Waals surface area contributed by atoms with Gasteiger partial charge in [-0.05, 0) is 35.9 Å². The maximum atomic E-state index is 12.6. The van der Waals surface area contributed by atoms with Crippen molar-refractivity contribution < 1.29 is 23.0 Å². The summed E-state index contributed by atoms with van der Waals surface area (Å²) in [7, 11) is 1.58. The Morgan fingerprint density at radius 3 is 2.66 bits per heavy atom. The number of nitrogens with one attached hydrogen (secondary N) is 2. The molecule has 0 saturated heterocycles. The fourth-order valence-corrected chi connectivity index (χ4v) is 2.58. The quantitative estimate of drug-likeness (QED) is 0.423. The van der Waals surface area contributed by atoms with E-state index < -0.39 is 12.5 Å². The van der Waals surface area contributed by atoms with Crippen molar-refractivity contribution in [2.45, 2.75) is 19.7 Å². The molecule has 0 spiro atoms. The van der Waals surface area contributed by atoms with Crippen molar-refractivity contribution in [3.8, 4) is 11.5 Å². The Morgan fingerprint density at radius 2 is 1.97 bits per heavy atom. The van der Waals surface area contributed by atoms with Crippen molar-refractivity contribution in [1.82, 2.24) is 10.6 Å². The number of carbonyl (C=O) groups excluding carboxylic acids is 1. The second-order valence-corrected chi connectivity index (χ2v) is 6.25. The zero-order valence-corrected chi connectivity index (χ0v) is 16.4. The molecule has 0 atom stereocenters. The van der Waals surface area contributed by atoms with E-state index in [-0.39, 0.29) is 18.9 Å². The van der Waals surface area contributed by atoms with E-state index >= 15 is 0 Å². The second-order valence-electron chi connectivity index (χ2n) is 5.81. The highest BCUT2D eigenvalue weighted by Crippen LogP contribution is 2.24. The summed E-state index contributed by atoms with van der Waals surface area (Å²) in [6.07, 6.45) is 0. The predicted octanol–water partition coefficient (Wildman–Crippen LogP) is 2.67. The molecule has 2 rings (SSSR count). The number of rotatable bonds is 9. The maximum absolute atomic E-state index is 12.6. The van der Waals surface area contributed by atoms with E-state index in [0.29, 0.717) is 28.8 Å². The molecular formula is C19H21ClF2N4O3. The lowest BCUT2D eigenvalue weighted by Crippen LogP contribution is -2.36. The Hall–Kier alpha value is -3.07. The molecule has 4 N–H and O–H groups in total. The predicted molar refractivity (Wildman–Crippen MR) is 106 cm³/mol. The Bertz CT molecular complexity index is 865. The normalized spacial score (nSPS) is 11.3. The van der Waals surface area contributed by atoms with Crippen LogP contribution >= 0.6 is 11.6 Å². The van der Waals surface area contributed by atoms with Gasteiger partial charge < -0.3 is 25.8 Å². The van der Waals surface area contributed by atoms with Crippen LogP contribution in [0.3, 0.4) is 0 Å². The third-order valence-corrected chi connectivity index (χ3v) is 3.88. The topological polar surface area (TPSA) is 98.0 Å². The number of ether oxygens (including phenoxy) is 2. The molecule has 10 heteroatoms. The van der Waals surface area contributed by atoms with E-state index in [0.717, 1.165) is 5.56 Å². The highest BCUT2D eigenvalue weighted by atomic mass is 35.5. The first-order valence-electron chi connectivity index (χ1n) is 8.55. The van der Waals surface area contributed by atoms with Crippen molar-refractivity contribution in [2.24, 2.45) is 10.7 Å². The Labute approximate surface area is 171 Å². The molecule has 0 fully saturated rings. The number of halogens is 3. The number of hydrogen-bond acceptors (Lipinski definition) is 4. The number of hydrogen-bond donors (Lipinski definition) is 3. The van der Waals surface area contributed by atoms with Crippen molar-refractivity contribution in [3.63, 3.8) is 0 Å². The van der Waals surface area contributed by atoms with Gasteiger partial charge in [-0.25, -0.2) is 0 Å². The number of guanidine groups is 1. The molecule has 0 aliphatic heterocycles. The van der Waals surface area contributed by atoms with E-state index in [4.69, 9.17) is 22.1 Å². The van der Waals surface area contributed by atoms with Crippen LogP contribution in [0.5, 0.6) is 11.5 Å². The molecule has 2 aromatic carbocycles. The van der Waals surface area contributed by atoms with Gasteiger partial charge in [0.15, 0.2) is 12.6 Å². The molecule has 0 saturated carbocycles. The Morgan fingerprint density at radius 1 is 1.21 bits per heavy atom. The average molecular weight is 427 g/mol. The van der Waals surface area contributed by atoms with Crippen LogP contribution in [0.1, 0.15) is 11.1 Å². The molecule has 7 nitrogen and oxygen atoms in total. The van der Waals surface area contributed by atoms with Gasteiger partial charge in [0.1, 0.15) is 11.5 Å². The zero-order chi connectivity index (χ0) is 21.2. The first-order valence-corrected chi connectivity index (χ1v) is 8.93. The minimum Gasteiger partial charge on any atom is -0.484 e. The largest absolute Gasteiger partial charge is 0.484 e. The molecule has 0 unspecified atom stereocenters. The molecule has 29 heavy (non-hydrogen) atoms. The summed E-state index contributed by atoms with van der Waals surface area (Å²) < 4.78 is 34.9. The van der Waals surface area contributed by atoms with E-state index in [1.165, 1.54) is 12.1 Å². The van der Waals surface area contributed by atoms with E-state index in [9.17, 15) is 13.6 Å². The zero-order valence-electron chi connectivity index (χ0n) is 15.6. The smallest absolute Gasteiger partial charge is 0.387 e. The van der Waals surface area contributed by atoms with Gasteiger partial charge in [0.2, 0.25) is 0 Å². The van der Waals surface area contributed by atoms with Gasteiger partial charge >= 0.3 is 6.61 Å². The number of carbonyl (C=O) groups is 1. The van der Waals surface area contributed by atoms with Crippen molar-refractivity contribution in [2.75, 3.05) is 13.7 Å². The molecule has 0 heterocycles. The molecule has 0 aliphatic carbocycles. The molecular weight excluding hydrogens is 406 g/mol. The number of amides is 1. The van der Waals surface area contributed by atoms with Crippen LogP contribution in [-0.2, 0) is 17.9 Å². The van der Waals surface area contributed by atoms with Crippen LogP contribution in [0.4, 0.5) is 8.78 Å². The monoisotopic (exact) mass is 426 g/mol. The lowest BCUT2D eigenvalue weighted by Gasteiger charge is -2.15. The minimum absolute atomic E-state index is 0.0339. The Balaban J connectivity index is 1.94. The van der Waals surface area contributed by atoms with Gasteiger partial charge in [0.25, 0.3) is 5.91 Å². The first-order chi connectivity index (χ1) is 13.9. The molecule has 2 aromatic rings. The highest BCUT2D eigenvalue weighted by molar-refractivity contribution is 6.30. The third-order valence-electron chi connectivity index (χ3n) is 3.65. The van der Waals surface area contributed by atoms with Crippen LogP contribution in [0.2, 0.25) is 5.02 Å². The number of primary amides is 1. The molecule has 0 radical (unpaired) electrons.